The van der Waals surface area contributed by atoms with Gasteiger partial charge in [-0.05, 0) is 32.2 Å². The third-order valence-corrected chi connectivity index (χ3v) is 4.75. The van der Waals surface area contributed by atoms with Crippen molar-refractivity contribution in [1.29, 1.82) is 0 Å². The molecule has 0 amide bonds. The molecule has 1 aliphatic heterocycles. The zero-order chi connectivity index (χ0) is 18.9. The maximum Gasteiger partial charge on any atom is 0.191 e. The summed E-state index contributed by atoms with van der Waals surface area (Å²) in [5.41, 5.74) is 1.17. The maximum absolute atomic E-state index is 4.78. The number of nitrogens with zero attached hydrogens (tertiary/aromatic N) is 5. The van der Waals surface area contributed by atoms with Gasteiger partial charge in [0.2, 0.25) is 0 Å². The number of piperazine rings is 1. The van der Waals surface area contributed by atoms with Gasteiger partial charge in [0.05, 0.1) is 6.54 Å². The van der Waals surface area contributed by atoms with E-state index in [2.05, 4.69) is 62.4 Å². The molecule has 0 saturated carbocycles. The molecule has 154 valence electrons. The summed E-state index contributed by atoms with van der Waals surface area (Å²) in [7, 11) is 2.17. The first-order chi connectivity index (χ1) is 13.3. The van der Waals surface area contributed by atoms with Crippen LogP contribution in [0, 0.1) is 0 Å². The van der Waals surface area contributed by atoms with E-state index < -0.39 is 0 Å². The lowest BCUT2D eigenvalue weighted by molar-refractivity contribution is 0.312. The molecule has 2 N–H and O–H groups in total. The van der Waals surface area contributed by atoms with Crippen molar-refractivity contribution in [3.05, 3.63) is 48.4 Å². The fourth-order valence-electron chi connectivity index (χ4n) is 3.19. The monoisotopic (exact) mass is 497 g/mol. The van der Waals surface area contributed by atoms with Gasteiger partial charge in [0.15, 0.2) is 5.96 Å². The molecule has 0 aromatic carbocycles. The standard InChI is InChI=1S/C20H31N7.HI/c1-3-21-20(23-9-12-26-10-4-5-11-26)24-17-18-7-6-8-22-19(18)27-15-13-25(2)14-16-27;/h4-8,10-11H,3,9,12-17H2,1-2H3,(H2,21,23,24);1H. The molecule has 2 aromatic heterocycles. The first-order valence-electron chi connectivity index (χ1n) is 9.76. The van der Waals surface area contributed by atoms with Crippen LogP contribution in [0.5, 0.6) is 0 Å². The Morgan fingerprint density at radius 3 is 2.57 bits per heavy atom. The Kier molecular flexibility index (Phi) is 9.56. The van der Waals surface area contributed by atoms with E-state index in [9.17, 15) is 0 Å². The molecule has 2 aromatic rings. The highest BCUT2D eigenvalue weighted by molar-refractivity contribution is 14.0. The topological polar surface area (TPSA) is 60.7 Å². The fraction of sp³-hybridized carbons (Fsp3) is 0.500. The fourth-order valence-corrected chi connectivity index (χ4v) is 3.19. The van der Waals surface area contributed by atoms with Crippen molar-refractivity contribution >= 4 is 35.8 Å². The van der Waals surface area contributed by atoms with E-state index >= 15 is 0 Å². The number of hydrogen-bond acceptors (Lipinski definition) is 4. The maximum atomic E-state index is 4.78. The van der Waals surface area contributed by atoms with E-state index in [0.29, 0.717) is 6.54 Å². The van der Waals surface area contributed by atoms with Crippen molar-refractivity contribution in [2.45, 2.75) is 20.0 Å². The van der Waals surface area contributed by atoms with Crippen LogP contribution >= 0.6 is 24.0 Å². The van der Waals surface area contributed by atoms with Gasteiger partial charge in [-0.2, -0.15) is 0 Å². The number of aromatic nitrogens is 2. The summed E-state index contributed by atoms with van der Waals surface area (Å²) in [5, 5.41) is 6.74. The third kappa shape index (κ3) is 6.66. The predicted molar refractivity (Wildman–Crippen MR) is 127 cm³/mol. The summed E-state index contributed by atoms with van der Waals surface area (Å²) < 4.78 is 2.16. The number of guanidine groups is 1. The van der Waals surface area contributed by atoms with Gasteiger partial charge in [-0.25, -0.2) is 9.98 Å². The summed E-state index contributed by atoms with van der Waals surface area (Å²) >= 11 is 0. The molecule has 3 rings (SSSR count). The smallest absolute Gasteiger partial charge is 0.191 e. The summed E-state index contributed by atoms with van der Waals surface area (Å²) in [6.07, 6.45) is 6.02. The van der Waals surface area contributed by atoms with Crippen LogP contribution in [-0.2, 0) is 13.1 Å². The lowest BCUT2D eigenvalue weighted by atomic mass is 10.2. The van der Waals surface area contributed by atoms with Crippen LogP contribution in [0.2, 0.25) is 0 Å². The van der Waals surface area contributed by atoms with Crippen LogP contribution in [0.1, 0.15) is 12.5 Å². The average molecular weight is 497 g/mol. The molecule has 1 saturated heterocycles. The average Bonchev–Trinajstić information content (AvgIpc) is 3.20. The lowest BCUT2D eigenvalue weighted by Gasteiger charge is -2.34. The summed E-state index contributed by atoms with van der Waals surface area (Å²) in [6.45, 7) is 9.46. The Bertz CT molecular complexity index is 709. The first-order valence-corrected chi connectivity index (χ1v) is 9.76. The molecular weight excluding hydrogens is 465 g/mol. The van der Waals surface area contributed by atoms with Gasteiger partial charge in [0.25, 0.3) is 0 Å². The molecule has 1 fully saturated rings. The van der Waals surface area contributed by atoms with Crippen LogP contribution < -0.4 is 15.5 Å². The first kappa shape index (κ1) is 22.5. The van der Waals surface area contributed by atoms with E-state index in [0.717, 1.165) is 57.6 Å². The van der Waals surface area contributed by atoms with E-state index in [4.69, 9.17) is 4.99 Å². The molecule has 8 heteroatoms. The zero-order valence-electron chi connectivity index (χ0n) is 16.8. The second-order valence-corrected chi connectivity index (χ2v) is 6.82. The highest BCUT2D eigenvalue weighted by Crippen LogP contribution is 2.19. The van der Waals surface area contributed by atoms with Gasteiger partial charge in [-0.3, -0.25) is 0 Å². The Balaban J connectivity index is 0.00000280. The molecule has 0 unspecified atom stereocenters. The van der Waals surface area contributed by atoms with Crippen LogP contribution in [0.4, 0.5) is 5.82 Å². The SMILES string of the molecule is CCNC(=NCc1cccnc1N1CCN(C)CC1)NCCn1cccc1.I. The van der Waals surface area contributed by atoms with Crippen LogP contribution in [0.15, 0.2) is 47.8 Å². The third-order valence-electron chi connectivity index (χ3n) is 4.75. The van der Waals surface area contributed by atoms with Crippen LogP contribution in [0.3, 0.4) is 0 Å². The summed E-state index contributed by atoms with van der Waals surface area (Å²) in [5.74, 6) is 1.91. The zero-order valence-corrected chi connectivity index (χ0v) is 19.2. The van der Waals surface area contributed by atoms with E-state index in [1.54, 1.807) is 0 Å². The quantitative estimate of drug-likeness (QED) is 0.348. The number of aliphatic imine (C=N–C) groups is 1. The number of likely N-dealkylation sites (N-methyl/N-ethyl adjacent to an activating group) is 1. The van der Waals surface area contributed by atoms with Crippen LogP contribution in [0.25, 0.3) is 0 Å². The molecule has 0 spiro atoms. The summed E-state index contributed by atoms with van der Waals surface area (Å²) in [6, 6.07) is 8.22. The number of halogens is 1. The van der Waals surface area contributed by atoms with Crippen molar-refractivity contribution in [2.75, 3.05) is 51.2 Å². The normalized spacial score (nSPS) is 15.2. The van der Waals surface area contributed by atoms with Gasteiger partial charge in [-0.15, -0.1) is 24.0 Å². The second kappa shape index (κ2) is 11.9. The predicted octanol–water partition coefficient (Wildman–Crippen LogP) is 2.01. The molecule has 0 atom stereocenters. The minimum absolute atomic E-state index is 0. The molecule has 0 aliphatic carbocycles. The Morgan fingerprint density at radius 1 is 1.11 bits per heavy atom. The van der Waals surface area contributed by atoms with Crippen molar-refractivity contribution in [3.63, 3.8) is 0 Å². The van der Waals surface area contributed by atoms with Crippen molar-refractivity contribution in [2.24, 2.45) is 4.99 Å². The van der Waals surface area contributed by atoms with Crippen LogP contribution in [-0.4, -0.2) is 66.7 Å². The molecule has 7 nitrogen and oxygen atoms in total. The summed E-state index contributed by atoms with van der Waals surface area (Å²) in [4.78, 5) is 14.2. The van der Waals surface area contributed by atoms with E-state index in [1.165, 1.54) is 5.56 Å². The molecule has 1 aliphatic rings. The largest absolute Gasteiger partial charge is 0.357 e. The number of anilines is 1. The lowest BCUT2D eigenvalue weighted by Crippen LogP contribution is -2.45. The van der Waals surface area contributed by atoms with E-state index in [1.807, 2.05) is 24.4 Å². The molecule has 0 bridgehead atoms. The minimum atomic E-state index is 0. The Labute approximate surface area is 185 Å². The molecular formula is C20H32IN7. The van der Waals surface area contributed by atoms with E-state index in [-0.39, 0.29) is 24.0 Å². The Hall–Kier alpha value is -1.81. The molecule has 28 heavy (non-hydrogen) atoms. The highest BCUT2D eigenvalue weighted by atomic mass is 127. The van der Waals surface area contributed by atoms with Gasteiger partial charge in [0.1, 0.15) is 5.82 Å². The van der Waals surface area contributed by atoms with Gasteiger partial charge in [-0.1, -0.05) is 6.07 Å². The number of rotatable bonds is 7. The molecule has 3 heterocycles. The highest BCUT2D eigenvalue weighted by Gasteiger charge is 2.17. The van der Waals surface area contributed by atoms with Gasteiger partial charge >= 0.3 is 0 Å². The second-order valence-electron chi connectivity index (χ2n) is 6.82. The van der Waals surface area contributed by atoms with Gasteiger partial charge < -0.3 is 25.0 Å². The number of nitrogens with one attached hydrogen (secondary N) is 2. The van der Waals surface area contributed by atoms with Crippen molar-refractivity contribution in [1.82, 2.24) is 25.1 Å². The van der Waals surface area contributed by atoms with Crippen molar-refractivity contribution < 1.29 is 0 Å². The minimum Gasteiger partial charge on any atom is -0.357 e. The van der Waals surface area contributed by atoms with Gasteiger partial charge in [0, 0.05) is 70.0 Å². The number of hydrogen-bond donors (Lipinski definition) is 2. The number of pyridine rings is 1. The molecule has 0 radical (unpaired) electrons. The Morgan fingerprint density at radius 2 is 1.86 bits per heavy atom. The van der Waals surface area contributed by atoms with Crippen molar-refractivity contribution in [3.8, 4) is 0 Å².